The van der Waals surface area contributed by atoms with E-state index >= 15 is 0 Å². The lowest BCUT2D eigenvalue weighted by atomic mass is 10.0. The van der Waals surface area contributed by atoms with Gasteiger partial charge in [0.25, 0.3) is 0 Å². The van der Waals surface area contributed by atoms with Gasteiger partial charge in [-0.15, -0.1) is 11.3 Å². The zero-order valence-electron chi connectivity index (χ0n) is 12.1. The first-order chi connectivity index (χ1) is 9.50. The number of aryl methyl sites for hydroxylation is 1. The molecule has 0 aliphatic heterocycles. The van der Waals surface area contributed by atoms with E-state index in [1.165, 1.54) is 10.4 Å². The molecule has 0 unspecified atom stereocenters. The van der Waals surface area contributed by atoms with Crippen molar-refractivity contribution in [3.63, 3.8) is 0 Å². The average Bonchev–Trinajstić information content (AvgIpc) is 2.88. The molecule has 0 spiro atoms. The minimum absolute atomic E-state index is 0.381. The highest BCUT2D eigenvalue weighted by Crippen LogP contribution is 2.29. The van der Waals surface area contributed by atoms with E-state index in [1.807, 2.05) is 12.1 Å². The van der Waals surface area contributed by atoms with Crippen LogP contribution >= 0.6 is 23.6 Å². The van der Waals surface area contributed by atoms with Crippen LogP contribution in [0, 0.1) is 6.92 Å². The molecule has 2 nitrogen and oxygen atoms in total. The molecule has 0 radical (unpaired) electrons. The summed E-state index contributed by atoms with van der Waals surface area (Å²) in [6, 6.07) is 10.8. The number of hydrogen-bond donors (Lipinski definition) is 1. The topological polar surface area (TPSA) is 29.3 Å². The third-order valence-corrected chi connectivity index (χ3v) is 4.40. The number of para-hydroxylation sites is 1. The normalized spacial score (nSPS) is 10.8. The third-order valence-electron chi connectivity index (χ3n) is 3.32. The summed E-state index contributed by atoms with van der Waals surface area (Å²) in [7, 11) is 0. The summed E-state index contributed by atoms with van der Waals surface area (Å²) in [4.78, 5) is 4.17. The largest absolute Gasteiger partial charge is 0.389 e. The molecule has 2 rings (SSSR count). The Kier molecular flexibility index (Phi) is 4.78. The van der Waals surface area contributed by atoms with E-state index in [0.717, 1.165) is 17.8 Å². The minimum Gasteiger partial charge on any atom is -0.389 e. The molecule has 0 bridgehead atoms. The van der Waals surface area contributed by atoms with E-state index in [0.29, 0.717) is 11.0 Å². The Labute approximate surface area is 130 Å². The Morgan fingerprint density at radius 2 is 2.05 bits per heavy atom. The number of nitrogens with zero attached hydrogens (tertiary/aromatic N) is 1. The lowest BCUT2D eigenvalue weighted by molar-refractivity contribution is 0.685. The highest BCUT2D eigenvalue weighted by molar-refractivity contribution is 7.80. The first kappa shape index (κ1) is 15.0. The average molecular weight is 304 g/mol. The fourth-order valence-electron chi connectivity index (χ4n) is 2.33. The van der Waals surface area contributed by atoms with Gasteiger partial charge in [0, 0.05) is 16.5 Å². The van der Waals surface area contributed by atoms with Crippen LogP contribution in [0.1, 0.15) is 29.9 Å². The van der Waals surface area contributed by atoms with Crippen molar-refractivity contribution in [3.05, 3.63) is 51.7 Å². The van der Waals surface area contributed by atoms with Crippen LogP contribution in [0.3, 0.4) is 0 Å². The van der Waals surface area contributed by atoms with Gasteiger partial charge in [0.15, 0.2) is 0 Å². The fourth-order valence-corrected chi connectivity index (χ4v) is 3.20. The lowest BCUT2D eigenvalue weighted by Gasteiger charge is -2.32. The molecule has 2 aromatic rings. The van der Waals surface area contributed by atoms with Gasteiger partial charge in [0.1, 0.15) is 4.99 Å². The van der Waals surface area contributed by atoms with Crippen LogP contribution in [0.4, 0.5) is 5.69 Å². The van der Waals surface area contributed by atoms with E-state index in [2.05, 4.69) is 49.3 Å². The number of thiophene rings is 1. The van der Waals surface area contributed by atoms with Crippen molar-refractivity contribution >= 4 is 34.2 Å². The maximum atomic E-state index is 5.90. The van der Waals surface area contributed by atoms with Crippen molar-refractivity contribution in [2.45, 2.75) is 33.4 Å². The molecule has 106 valence electrons. The van der Waals surface area contributed by atoms with Crippen molar-refractivity contribution < 1.29 is 0 Å². The second-order valence-corrected chi connectivity index (χ2v) is 6.61. The molecule has 0 fully saturated rings. The predicted molar refractivity (Wildman–Crippen MR) is 92.7 cm³/mol. The monoisotopic (exact) mass is 304 g/mol. The zero-order chi connectivity index (χ0) is 14.7. The van der Waals surface area contributed by atoms with Crippen LogP contribution in [-0.2, 0) is 6.54 Å². The summed E-state index contributed by atoms with van der Waals surface area (Å²) in [6.07, 6.45) is 0. The number of thiocarbonyl (C=S) groups is 1. The molecule has 0 saturated heterocycles. The van der Waals surface area contributed by atoms with Crippen molar-refractivity contribution in [2.24, 2.45) is 5.73 Å². The Balaban J connectivity index is 2.46. The van der Waals surface area contributed by atoms with Crippen molar-refractivity contribution in [2.75, 3.05) is 4.90 Å². The van der Waals surface area contributed by atoms with E-state index in [1.54, 1.807) is 11.3 Å². The molecule has 1 aromatic heterocycles. The Morgan fingerprint density at radius 3 is 2.60 bits per heavy atom. The van der Waals surface area contributed by atoms with Crippen LogP contribution in [-0.4, -0.2) is 11.0 Å². The Morgan fingerprint density at radius 1 is 1.30 bits per heavy atom. The van der Waals surface area contributed by atoms with Crippen LogP contribution in [0.5, 0.6) is 0 Å². The molecule has 1 aromatic carbocycles. The Hall–Kier alpha value is -1.39. The van der Waals surface area contributed by atoms with Crippen molar-refractivity contribution in [3.8, 4) is 0 Å². The Bertz CT molecular complexity index is 589. The molecule has 2 N–H and O–H groups in total. The van der Waals surface area contributed by atoms with Crippen LogP contribution in [0.25, 0.3) is 0 Å². The number of anilines is 1. The molecule has 1 heterocycles. The molecule has 0 amide bonds. The minimum atomic E-state index is 0.381. The van der Waals surface area contributed by atoms with Crippen molar-refractivity contribution in [1.82, 2.24) is 0 Å². The molecule has 4 heteroatoms. The van der Waals surface area contributed by atoms with E-state index in [9.17, 15) is 0 Å². The second-order valence-electron chi connectivity index (χ2n) is 5.14. The molecule has 20 heavy (non-hydrogen) atoms. The van der Waals surface area contributed by atoms with Gasteiger partial charge in [-0.1, -0.05) is 30.4 Å². The first-order valence-electron chi connectivity index (χ1n) is 6.69. The quantitative estimate of drug-likeness (QED) is 0.843. The first-order valence-corrected chi connectivity index (χ1v) is 7.98. The van der Waals surface area contributed by atoms with Gasteiger partial charge >= 0.3 is 0 Å². The standard InChI is InChI=1S/C16H20N2S2/c1-11(2)18(10-13-7-5-9-20-13)15-12(3)6-4-8-14(15)16(17)19/h4-9,11H,10H2,1-3H3,(H2,17,19). The van der Waals surface area contributed by atoms with Gasteiger partial charge in [-0.05, 0) is 43.8 Å². The van der Waals surface area contributed by atoms with Crippen molar-refractivity contribution in [1.29, 1.82) is 0 Å². The number of hydrogen-bond acceptors (Lipinski definition) is 3. The molecule has 0 saturated carbocycles. The zero-order valence-corrected chi connectivity index (χ0v) is 13.7. The second kappa shape index (κ2) is 6.37. The summed E-state index contributed by atoms with van der Waals surface area (Å²) in [5.41, 5.74) is 9.23. The summed E-state index contributed by atoms with van der Waals surface area (Å²) < 4.78 is 0. The molecule has 0 atom stereocenters. The highest BCUT2D eigenvalue weighted by atomic mass is 32.1. The predicted octanol–water partition coefficient (Wildman–Crippen LogP) is 4.11. The lowest BCUT2D eigenvalue weighted by Crippen LogP contribution is -2.32. The molecule has 0 aliphatic carbocycles. The maximum absolute atomic E-state index is 5.90. The van der Waals surface area contributed by atoms with E-state index in [4.69, 9.17) is 18.0 Å². The summed E-state index contributed by atoms with van der Waals surface area (Å²) in [5, 5.41) is 2.11. The number of rotatable bonds is 5. The van der Waals surface area contributed by atoms with Gasteiger partial charge in [0.2, 0.25) is 0 Å². The van der Waals surface area contributed by atoms with Crippen LogP contribution in [0.15, 0.2) is 35.7 Å². The van der Waals surface area contributed by atoms with Crippen LogP contribution in [0.2, 0.25) is 0 Å². The van der Waals surface area contributed by atoms with Crippen LogP contribution < -0.4 is 10.6 Å². The fraction of sp³-hybridized carbons (Fsp3) is 0.312. The SMILES string of the molecule is Cc1cccc(C(N)=S)c1N(Cc1cccs1)C(C)C. The summed E-state index contributed by atoms with van der Waals surface area (Å²) >= 11 is 6.99. The summed E-state index contributed by atoms with van der Waals surface area (Å²) in [5.74, 6) is 0. The summed E-state index contributed by atoms with van der Waals surface area (Å²) in [6.45, 7) is 7.39. The molecular weight excluding hydrogens is 284 g/mol. The number of benzene rings is 1. The molecule has 0 aliphatic rings. The van der Waals surface area contributed by atoms with Gasteiger partial charge in [-0.25, -0.2) is 0 Å². The van der Waals surface area contributed by atoms with Gasteiger partial charge in [-0.2, -0.15) is 0 Å². The molecular formula is C16H20N2S2. The van der Waals surface area contributed by atoms with E-state index in [-0.39, 0.29) is 0 Å². The maximum Gasteiger partial charge on any atom is 0.106 e. The van der Waals surface area contributed by atoms with Gasteiger partial charge in [-0.3, -0.25) is 0 Å². The number of nitrogens with two attached hydrogens (primary N) is 1. The third kappa shape index (κ3) is 3.19. The smallest absolute Gasteiger partial charge is 0.106 e. The van der Waals surface area contributed by atoms with E-state index < -0.39 is 0 Å². The van der Waals surface area contributed by atoms with Gasteiger partial charge in [0.05, 0.1) is 12.2 Å². The highest BCUT2D eigenvalue weighted by Gasteiger charge is 2.18. The van der Waals surface area contributed by atoms with Gasteiger partial charge < -0.3 is 10.6 Å².